The molecule has 1 saturated heterocycles. The minimum Gasteiger partial charge on any atom is -0.489 e. The Hall–Kier alpha value is -2.12. The van der Waals surface area contributed by atoms with Gasteiger partial charge in [-0.2, -0.15) is 13.2 Å². The Labute approximate surface area is 198 Å². The van der Waals surface area contributed by atoms with Gasteiger partial charge < -0.3 is 14.2 Å². The number of hydrogen-bond acceptors (Lipinski definition) is 3. The lowest BCUT2D eigenvalue weighted by atomic mass is 9.81. The summed E-state index contributed by atoms with van der Waals surface area (Å²) in [6.45, 7) is 11.1. The third-order valence-corrected chi connectivity index (χ3v) is 7.21. The molecule has 4 rings (SSSR count). The number of aromatic nitrogens is 1. The molecule has 3 heterocycles. The standard InChI is InChI=1S/C25H31ClF3N3O/c1-17(2)33-22-7-5-19(15-21(22)26)18(3)31-11-9-24(10-12-31)23-8-6-20(16-25(27,28)29)32(23)14-13-30(24)4/h5-8,15,17H,3,9-14,16H2,1-2,4H3. The predicted octanol–water partition coefficient (Wildman–Crippen LogP) is 5.94. The second-order valence-electron chi connectivity index (χ2n) is 9.35. The molecule has 8 heteroatoms. The molecule has 1 fully saturated rings. The first kappa shape index (κ1) is 24.0. The maximum Gasteiger partial charge on any atom is 0.394 e. The van der Waals surface area contributed by atoms with Crippen LogP contribution in [0.15, 0.2) is 36.9 Å². The molecular weight excluding hydrogens is 451 g/mol. The quantitative estimate of drug-likeness (QED) is 0.527. The molecule has 1 aromatic heterocycles. The summed E-state index contributed by atoms with van der Waals surface area (Å²) in [6.07, 6.45) is -3.41. The number of nitrogens with zero attached hydrogens (tertiary/aromatic N) is 3. The van der Waals surface area contributed by atoms with Gasteiger partial charge >= 0.3 is 6.18 Å². The third kappa shape index (κ3) is 4.76. The Morgan fingerprint density at radius 3 is 2.42 bits per heavy atom. The van der Waals surface area contributed by atoms with Crippen LogP contribution in [0, 0.1) is 0 Å². The number of likely N-dealkylation sites (tertiary alicyclic amines) is 1. The van der Waals surface area contributed by atoms with Crippen molar-refractivity contribution in [2.75, 3.05) is 26.7 Å². The molecule has 0 amide bonds. The van der Waals surface area contributed by atoms with Crippen molar-refractivity contribution < 1.29 is 17.9 Å². The van der Waals surface area contributed by atoms with Crippen LogP contribution >= 0.6 is 11.6 Å². The van der Waals surface area contributed by atoms with Crippen LogP contribution in [0.1, 0.15) is 43.6 Å². The largest absolute Gasteiger partial charge is 0.489 e. The monoisotopic (exact) mass is 481 g/mol. The Morgan fingerprint density at radius 2 is 1.82 bits per heavy atom. The fourth-order valence-corrected chi connectivity index (χ4v) is 5.42. The van der Waals surface area contributed by atoms with Gasteiger partial charge in [-0.15, -0.1) is 0 Å². The van der Waals surface area contributed by atoms with E-state index in [2.05, 4.69) is 23.4 Å². The predicted molar refractivity (Wildman–Crippen MR) is 126 cm³/mol. The summed E-state index contributed by atoms with van der Waals surface area (Å²) in [5.74, 6) is 0.653. The smallest absolute Gasteiger partial charge is 0.394 e. The summed E-state index contributed by atoms with van der Waals surface area (Å²) in [5, 5.41) is 0.554. The van der Waals surface area contributed by atoms with Crippen molar-refractivity contribution >= 4 is 17.3 Å². The molecule has 0 unspecified atom stereocenters. The number of likely N-dealkylation sites (N-methyl/N-ethyl adjacent to an activating group) is 1. The van der Waals surface area contributed by atoms with Crippen LogP contribution in [-0.4, -0.2) is 53.3 Å². The summed E-state index contributed by atoms with van der Waals surface area (Å²) in [7, 11) is 2.08. The van der Waals surface area contributed by atoms with Crippen LogP contribution in [-0.2, 0) is 18.5 Å². The molecule has 2 aromatic rings. The first-order valence-electron chi connectivity index (χ1n) is 11.4. The highest BCUT2D eigenvalue weighted by atomic mass is 35.5. The topological polar surface area (TPSA) is 20.6 Å². The first-order chi connectivity index (χ1) is 15.5. The molecule has 1 spiro atoms. The van der Waals surface area contributed by atoms with E-state index in [4.69, 9.17) is 16.3 Å². The van der Waals surface area contributed by atoms with Crippen molar-refractivity contribution in [1.29, 1.82) is 0 Å². The van der Waals surface area contributed by atoms with E-state index in [9.17, 15) is 13.2 Å². The number of benzene rings is 1. The maximum atomic E-state index is 13.1. The fourth-order valence-electron chi connectivity index (χ4n) is 5.20. The number of rotatable bonds is 5. The van der Waals surface area contributed by atoms with Crippen molar-refractivity contribution in [3.8, 4) is 5.75 Å². The average Bonchev–Trinajstić information content (AvgIpc) is 3.14. The fraction of sp³-hybridized carbons (Fsp3) is 0.520. The van der Waals surface area contributed by atoms with E-state index in [-0.39, 0.29) is 11.6 Å². The lowest BCUT2D eigenvalue weighted by Gasteiger charge is -2.51. The molecule has 33 heavy (non-hydrogen) atoms. The Balaban J connectivity index is 1.51. The number of alkyl halides is 3. The Morgan fingerprint density at radius 1 is 1.12 bits per heavy atom. The van der Waals surface area contributed by atoms with Gasteiger partial charge in [-0.25, -0.2) is 0 Å². The van der Waals surface area contributed by atoms with Crippen molar-refractivity contribution in [1.82, 2.24) is 14.4 Å². The van der Waals surface area contributed by atoms with Gasteiger partial charge in [0.2, 0.25) is 0 Å². The number of halogens is 4. The summed E-state index contributed by atoms with van der Waals surface area (Å²) < 4.78 is 46.8. The van der Waals surface area contributed by atoms with Gasteiger partial charge in [0, 0.05) is 43.3 Å². The van der Waals surface area contributed by atoms with Gasteiger partial charge in [-0.1, -0.05) is 18.2 Å². The average molecular weight is 482 g/mol. The van der Waals surface area contributed by atoms with Crippen LogP contribution in [0.5, 0.6) is 5.75 Å². The second-order valence-corrected chi connectivity index (χ2v) is 9.76. The molecule has 0 N–H and O–H groups in total. The summed E-state index contributed by atoms with van der Waals surface area (Å²) in [4.78, 5) is 4.56. The summed E-state index contributed by atoms with van der Waals surface area (Å²) >= 11 is 6.42. The number of piperidine rings is 1. The molecule has 2 aliphatic rings. The molecule has 0 radical (unpaired) electrons. The van der Waals surface area contributed by atoms with Crippen molar-refractivity contribution in [3.63, 3.8) is 0 Å². The molecule has 0 saturated carbocycles. The Kier molecular flexibility index (Phi) is 6.49. The van der Waals surface area contributed by atoms with E-state index in [0.29, 0.717) is 23.0 Å². The van der Waals surface area contributed by atoms with E-state index in [1.165, 1.54) is 0 Å². The molecule has 0 aliphatic carbocycles. The zero-order valence-electron chi connectivity index (χ0n) is 19.4. The van der Waals surface area contributed by atoms with Crippen LogP contribution in [0.3, 0.4) is 0 Å². The molecule has 0 atom stereocenters. The van der Waals surface area contributed by atoms with Crippen LogP contribution < -0.4 is 4.74 Å². The van der Waals surface area contributed by atoms with Gasteiger partial charge in [-0.3, -0.25) is 4.90 Å². The molecule has 0 bridgehead atoms. The lowest BCUT2D eigenvalue weighted by molar-refractivity contribution is -0.128. The molecule has 1 aromatic carbocycles. The number of hydrogen-bond donors (Lipinski definition) is 0. The lowest BCUT2D eigenvalue weighted by Crippen LogP contribution is -2.55. The van der Waals surface area contributed by atoms with Gasteiger partial charge in [0.25, 0.3) is 0 Å². The highest BCUT2D eigenvalue weighted by Crippen LogP contribution is 2.43. The van der Waals surface area contributed by atoms with Gasteiger partial charge in [-0.05, 0) is 69.6 Å². The second kappa shape index (κ2) is 8.91. The first-order valence-corrected chi connectivity index (χ1v) is 11.8. The van der Waals surface area contributed by atoms with Crippen molar-refractivity contribution in [2.45, 2.75) is 57.5 Å². The molecular formula is C25H31ClF3N3O. The highest BCUT2D eigenvalue weighted by Gasteiger charge is 2.45. The van der Waals surface area contributed by atoms with Crippen LogP contribution in [0.2, 0.25) is 5.02 Å². The number of fused-ring (bicyclic) bond motifs is 2. The zero-order valence-corrected chi connectivity index (χ0v) is 20.1. The van der Waals surface area contributed by atoms with Crippen molar-refractivity contribution in [2.24, 2.45) is 0 Å². The normalized spacial score (nSPS) is 18.6. The summed E-state index contributed by atoms with van der Waals surface area (Å²) in [6, 6.07) is 9.27. The Bertz CT molecular complexity index is 1020. The van der Waals surface area contributed by atoms with Crippen molar-refractivity contribution in [3.05, 3.63) is 58.9 Å². The van der Waals surface area contributed by atoms with E-state index < -0.39 is 12.6 Å². The van der Waals surface area contributed by atoms with Gasteiger partial charge in [0.15, 0.2) is 0 Å². The number of ether oxygens (including phenoxy) is 1. The minimum absolute atomic E-state index is 0.0397. The van der Waals surface area contributed by atoms with Gasteiger partial charge in [0.05, 0.1) is 23.1 Å². The van der Waals surface area contributed by atoms with E-state index >= 15 is 0 Å². The van der Waals surface area contributed by atoms with Crippen LogP contribution in [0.4, 0.5) is 13.2 Å². The summed E-state index contributed by atoms with van der Waals surface area (Å²) in [5.41, 5.74) is 2.94. The van der Waals surface area contributed by atoms with Gasteiger partial charge in [0.1, 0.15) is 5.75 Å². The van der Waals surface area contributed by atoms with E-state index in [1.807, 2.05) is 42.7 Å². The van der Waals surface area contributed by atoms with E-state index in [0.717, 1.165) is 49.4 Å². The highest BCUT2D eigenvalue weighted by molar-refractivity contribution is 6.32. The third-order valence-electron chi connectivity index (χ3n) is 6.92. The van der Waals surface area contributed by atoms with Crippen LogP contribution in [0.25, 0.3) is 5.70 Å². The maximum absolute atomic E-state index is 13.1. The van der Waals surface area contributed by atoms with E-state index in [1.54, 1.807) is 6.07 Å². The minimum atomic E-state index is -4.20. The zero-order chi connectivity index (χ0) is 24.0. The SMILES string of the molecule is C=C(c1ccc(OC(C)C)c(Cl)c1)N1CCC2(CC1)c1ccc(CC(F)(F)F)n1CCN2C. The molecule has 180 valence electrons. The molecule has 2 aliphatic heterocycles. The molecule has 4 nitrogen and oxygen atoms in total.